The van der Waals surface area contributed by atoms with Crippen molar-refractivity contribution in [2.45, 2.75) is 64.2 Å². The van der Waals surface area contributed by atoms with E-state index in [1.807, 2.05) is 0 Å². The number of benzene rings is 1. The third-order valence-electron chi connectivity index (χ3n) is 5.03. The number of hydrogen-bond donors (Lipinski definition) is 0. The molecule has 1 aliphatic rings. The molecule has 150 valence electrons. The fraction of sp³-hybridized carbons (Fsp3) is 0.611. The molecule has 1 atom stereocenters. The Morgan fingerprint density at radius 2 is 1.74 bits per heavy atom. The number of halogens is 4. The summed E-state index contributed by atoms with van der Waals surface area (Å²) in [5.41, 5.74) is -3.27. The van der Waals surface area contributed by atoms with E-state index in [0.29, 0.717) is 6.07 Å². The van der Waals surface area contributed by atoms with Crippen LogP contribution in [0, 0.1) is 5.82 Å². The van der Waals surface area contributed by atoms with Crippen LogP contribution >= 0.6 is 0 Å². The molecule has 2 rings (SSSR count). The Kier molecular flexibility index (Phi) is 5.97. The lowest BCUT2D eigenvalue weighted by molar-refractivity contribution is -0.143. The highest BCUT2D eigenvalue weighted by Gasteiger charge is 2.55. The van der Waals surface area contributed by atoms with Gasteiger partial charge in [-0.1, -0.05) is 12.1 Å². The van der Waals surface area contributed by atoms with Crippen molar-refractivity contribution >= 4 is 13.1 Å². The minimum Gasteiger partial charge on any atom is -0.466 e. The minimum absolute atomic E-state index is 0.0972. The molecular formula is C18H23BF4O4. The van der Waals surface area contributed by atoms with Gasteiger partial charge in [0.15, 0.2) is 0 Å². The van der Waals surface area contributed by atoms with Gasteiger partial charge in [0, 0.05) is 5.82 Å². The Hall–Kier alpha value is -1.61. The highest BCUT2D eigenvalue weighted by atomic mass is 19.4. The number of carbonyl (C=O) groups excluding carboxylic acids is 1. The van der Waals surface area contributed by atoms with Crippen molar-refractivity contribution in [2.24, 2.45) is 0 Å². The van der Waals surface area contributed by atoms with Crippen molar-refractivity contribution in [3.63, 3.8) is 0 Å². The molecule has 0 aliphatic carbocycles. The summed E-state index contributed by atoms with van der Waals surface area (Å²) in [7, 11) is -1.10. The fourth-order valence-electron chi connectivity index (χ4n) is 2.86. The SMILES string of the molecule is CCOC(=O)CC(B1OC(C)(C)C(C)(C)O1)c1cccc(C(F)(F)F)c1F. The summed E-state index contributed by atoms with van der Waals surface area (Å²) in [5, 5.41) is 0. The first-order valence-electron chi connectivity index (χ1n) is 8.67. The zero-order chi connectivity index (χ0) is 20.6. The van der Waals surface area contributed by atoms with E-state index < -0.39 is 47.7 Å². The Balaban J connectivity index is 2.48. The Bertz CT molecular complexity index is 687. The molecule has 0 saturated carbocycles. The normalized spacial score (nSPS) is 19.8. The zero-order valence-corrected chi connectivity index (χ0v) is 15.9. The summed E-state index contributed by atoms with van der Waals surface area (Å²) >= 11 is 0. The van der Waals surface area contributed by atoms with Gasteiger partial charge in [0.05, 0.1) is 29.8 Å². The zero-order valence-electron chi connectivity index (χ0n) is 15.9. The van der Waals surface area contributed by atoms with Crippen molar-refractivity contribution in [1.82, 2.24) is 0 Å². The van der Waals surface area contributed by atoms with Crippen LogP contribution in [0.3, 0.4) is 0 Å². The summed E-state index contributed by atoms with van der Waals surface area (Å²) in [5.74, 6) is -3.20. The number of hydrogen-bond acceptors (Lipinski definition) is 4. The molecule has 4 nitrogen and oxygen atoms in total. The van der Waals surface area contributed by atoms with E-state index in [2.05, 4.69) is 0 Å². The Morgan fingerprint density at radius 1 is 1.19 bits per heavy atom. The van der Waals surface area contributed by atoms with Crippen molar-refractivity contribution < 1.29 is 36.4 Å². The van der Waals surface area contributed by atoms with Crippen LogP contribution in [0.25, 0.3) is 0 Å². The van der Waals surface area contributed by atoms with Gasteiger partial charge in [-0.15, -0.1) is 0 Å². The molecule has 27 heavy (non-hydrogen) atoms. The van der Waals surface area contributed by atoms with Crippen LogP contribution < -0.4 is 0 Å². The van der Waals surface area contributed by atoms with E-state index in [1.165, 1.54) is 6.07 Å². The molecule has 9 heteroatoms. The van der Waals surface area contributed by atoms with Crippen LogP contribution in [0.1, 0.15) is 58.0 Å². The van der Waals surface area contributed by atoms with Gasteiger partial charge in [0.25, 0.3) is 0 Å². The summed E-state index contributed by atoms with van der Waals surface area (Å²) < 4.78 is 70.6. The maximum atomic E-state index is 14.7. The second kappa shape index (κ2) is 7.43. The van der Waals surface area contributed by atoms with Crippen LogP contribution in [0.5, 0.6) is 0 Å². The van der Waals surface area contributed by atoms with Crippen molar-refractivity contribution in [2.75, 3.05) is 6.61 Å². The fourth-order valence-corrected chi connectivity index (χ4v) is 2.86. The van der Waals surface area contributed by atoms with Crippen molar-refractivity contribution in [1.29, 1.82) is 0 Å². The molecule has 0 bridgehead atoms. The van der Waals surface area contributed by atoms with E-state index >= 15 is 0 Å². The lowest BCUT2D eigenvalue weighted by atomic mass is 9.65. The molecule has 0 radical (unpaired) electrons. The van der Waals surface area contributed by atoms with Gasteiger partial charge in [-0.05, 0) is 46.2 Å². The summed E-state index contributed by atoms with van der Waals surface area (Å²) in [6, 6.07) is 2.97. The average Bonchev–Trinajstić information content (AvgIpc) is 2.72. The molecule has 0 amide bonds. The number of carbonyl (C=O) groups is 1. The molecule has 0 aromatic heterocycles. The Morgan fingerprint density at radius 3 is 2.22 bits per heavy atom. The third kappa shape index (κ3) is 4.46. The van der Waals surface area contributed by atoms with E-state index in [-0.39, 0.29) is 18.6 Å². The van der Waals surface area contributed by atoms with Crippen LogP contribution in [0.15, 0.2) is 18.2 Å². The van der Waals surface area contributed by atoms with Gasteiger partial charge in [-0.2, -0.15) is 13.2 Å². The number of esters is 1. The molecule has 1 aliphatic heterocycles. The second-order valence-electron chi connectivity index (χ2n) is 7.45. The third-order valence-corrected chi connectivity index (χ3v) is 5.03. The molecule has 1 aromatic carbocycles. The average molecular weight is 390 g/mol. The van der Waals surface area contributed by atoms with E-state index in [1.54, 1.807) is 34.6 Å². The number of rotatable bonds is 5. The van der Waals surface area contributed by atoms with E-state index in [9.17, 15) is 22.4 Å². The molecule has 1 fully saturated rings. The first kappa shape index (κ1) is 21.7. The van der Waals surface area contributed by atoms with Crippen LogP contribution in [0.2, 0.25) is 0 Å². The van der Waals surface area contributed by atoms with Crippen LogP contribution in [-0.2, 0) is 25.0 Å². The van der Waals surface area contributed by atoms with Crippen molar-refractivity contribution in [3.05, 3.63) is 35.1 Å². The first-order valence-corrected chi connectivity index (χ1v) is 8.67. The molecule has 1 saturated heterocycles. The predicted molar refractivity (Wildman–Crippen MR) is 91.5 cm³/mol. The van der Waals surface area contributed by atoms with Crippen molar-refractivity contribution in [3.8, 4) is 0 Å². The lowest BCUT2D eigenvalue weighted by Crippen LogP contribution is -2.41. The quantitative estimate of drug-likeness (QED) is 0.422. The molecule has 0 spiro atoms. The highest BCUT2D eigenvalue weighted by molar-refractivity contribution is 6.48. The van der Waals surface area contributed by atoms with Gasteiger partial charge in [-0.3, -0.25) is 4.79 Å². The minimum atomic E-state index is -4.86. The standard InChI is InChI=1S/C18H23BF4O4/c1-6-25-14(24)10-13(19-26-16(2,3)17(4,5)27-19)11-8-7-9-12(15(11)20)18(21,22)23/h7-9,13H,6,10H2,1-5H3. The number of alkyl halides is 3. The summed E-state index contributed by atoms with van der Waals surface area (Å²) in [4.78, 5) is 12.0. The maximum Gasteiger partial charge on any atom is 0.466 e. The van der Waals surface area contributed by atoms with Gasteiger partial charge in [0.2, 0.25) is 0 Å². The van der Waals surface area contributed by atoms with E-state index in [0.717, 1.165) is 6.07 Å². The van der Waals surface area contributed by atoms with Gasteiger partial charge in [-0.25, -0.2) is 4.39 Å². The van der Waals surface area contributed by atoms with Crippen LogP contribution in [0.4, 0.5) is 17.6 Å². The summed E-state index contributed by atoms with van der Waals surface area (Å²) in [6.07, 6.45) is -5.23. The second-order valence-corrected chi connectivity index (χ2v) is 7.45. The Labute approximate surface area is 156 Å². The largest absolute Gasteiger partial charge is 0.466 e. The van der Waals surface area contributed by atoms with Crippen LogP contribution in [-0.4, -0.2) is 30.9 Å². The topological polar surface area (TPSA) is 44.8 Å². The van der Waals surface area contributed by atoms with Gasteiger partial charge in [0.1, 0.15) is 5.82 Å². The molecular weight excluding hydrogens is 367 g/mol. The lowest BCUT2D eigenvalue weighted by Gasteiger charge is -2.32. The van der Waals surface area contributed by atoms with E-state index in [4.69, 9.17) is 14.0 Å². The maximum absolute atomic E-state index is 14.7. The first-order chi connectivity index (χ1) is 12.3. The molecule has 1 heterocycles. The smallest absolute Gasteiger partial charge is 0.466 e. The predicted octanol–water partition coefficient (Wildman–Crippen LogP) is 4.51. The highest BCUT2D eigenvalue weighted by Crippen LogP contribution is 2.43. The summed E-state index contributed by atoms with van der Waals surface area (Å²) in [6.45, 7) is 8.74. The molecule has 1 aromatic rings. The van der Waals surface area contributed by atoms with Gasteiger partial charge >= 0.3 is 19.3 Å². The number of ether oxygens (including phenoxy) is 1. The molecule has 0 N–H and O–H groups in total. The monoisotopic (exact) mass is 390 g/mol. The molecule has 1 unspecified atom stereocenters. The van der Waals surface area contributed by atoms with Gasteiger partial charge < -0.3 is 14.0 Å².